The number of esters is 1. The Bertz CT molecular complexity index is 1340. The quantitative estimate of drug-likeness (QED) is 0.295. The zero-order chi connectivity index (χ0) is 23.7. The van der Waals surface area contributed by atoms with Gasteiger partial charge in [-0.3, -0.25) is 4.79 Å². The highest BCUT2D eigenvalue weighted by Crippen LogP contribution is 2.38. The Hall–Kier alpha value is -2.94. The number of nitrogens with two attached hydrogens (primary N) is 1. The number of nitrogen functional groups attached to an aromatic ring is 1. The molecule has 33 heavy (non-hydrogen) atoms. The number of amides is 1. The van der Waals surface area contributed by atoms with Crippen molar-refractivity contribution in [3.63, 3.8) is 0 Å². The van der Waals surface area contributed by atoms with E-state index >= 15 is 0 Å². The van der Waals surface area contributed by atoms with Crippen LogP contribution in [0.3, 0.4) is 0 Å². The lowest BCUT2D eigenvalue weighted by atomic mass is 10.0. The molecule has 3 N–H and O–H groups in total. The number of rotatable bonds is 6. The fourth-order valence-corrected chi connectivity index (χ4v) is 5.58. The number of pyridine rings is 1. The second-order valence-corrected chi connectivity index (χ2v) is 10.2. The molecule has 3 aromatic heterocycles. The first-order valence-electron chi connectivity index (χ1n) is 10.2. The molecule has 0 bridgehead atoms. The molecule has 0 saturated heterocycles. The maximum Gasteiger partial charge on any atom is 0.341 e. The lowest BCUT2D eigenvalue weighted by molar-refractivity contribution is 0.0603. The van der Waals surface area contributed by atoms with Crippen molar-refractivity contribution in [3.8, 4) is 11.1 Å². The molecule has 0 aliphatic carbocycles. The first-order valence-corrected chi connectivity index (χ1v) is 12.3. The molecule has 0 aliphatic heterocycles. The van der Waals surface area contributed by atoms with Gasteiger partial charge in [0.2, 0.25) is 0 Å². The third kappa shape index (κ3) is 4.73. The van der Waals surface area contributed by atoms with Crippen molar-refractivity contribution in [3.05, 3.63) is 62.9 Å². The van der Waals surface area contributed by atoms with E-state index in [1.165, 1.54) is 29.8 Å². The smallest absolute Gasteiger partial charge is 0.341 e. The van der Waals surface area contributed by atoms with Crippen molar-refractivity contribution in [2.24, 2.45) is 5.92 Å². The molecule has 0 atom stereocenters. The molecule has 4 aromatic rings. The van der Waals surface area contributed by atoms with Gasteiger partial charge >= 0.3 is 5.97 Å². The maximum atomic E-state index is 13.1. The van der Waals surface area contributed by atoms with Crippen LogP contribution in [0, 0.1) is 5.92 Å². The number of methoxy groups -OCH3 is 1. The van der Waals surface area contributed by atoms with E-state index in [0.29, 0.717) is 32.1 Å². The summed E-state index contributed by atoms with van der Waals surface area (Å²) in [5.41, 5.74) is 9.36. The predicted octanol–water partition coefficient (Wildman–Crippen LogP) is 6.50. The van der Waals surface area contributed by atoms with Crippen molar-refractivity contribution >= 4 is 67.1 Å². The van der Waals surface area contributed by atoms with E-state index in [1.807, 2.05) is 24.3 Å². The second kappa shape index (κ2) is 9.51. The van der Waals surface area contributed by atoms with Crippen LogP contribution in [0.4, 0.5) is 10.7 Å². The SMILES string of the molecule is COC(=O)c1c(-c2ccc(Cl)cc2)csc1NC(=O)c1sc2nc(CC(C)C)ccc2c1N. The van der Waals surface area contributed by atoms with E-state index in [4.69, 9.17) is 22.1 Å². The maximum absolute atomic E-state index is 13.1. The van der Waals surface area contributed by atoms with Gasteiger partial charge in [-0.15, -0.1) is 22.7 Å². The number of aromatic nitrogens is 1. The number of hydrogen-bond acceptors (Lipinski definition) is 7. The number of hydrogen-bond donors (Lipinski definition) is 2. The topological polar surface area (TPSA) is 94.3 Å². The van der Waals surface area contributed by atoms with E-state index in [1.54, 1.807) is 17.5 Å². The molecule has 0 aliphatic rings. The van der Waals surface area contributed by atoms with Gasteiger partial charge in [-0.2, -0.15) is 0 Å². The van der Waals surface area contributed by atoms with Gasteiger partial charge in [-0.05, 0) is 42.2 Å². The Kier molecular flexibility index (Phi) is 6.69. The van der Waals surface area contributed by atoms with E-state index < -0.39 is 11.9 Å². The minimum absolute atomic E-state index is 0.287. The van der Waals surface area contributed by atoms with Gasteiger partial charge < -0.3 is 15.8 Å². The van der Waals surface area contributed by atoms with Crippen LogP contribution in [0.15, 0.2) is 41.8 Å². The first-order chi connectivity index (χ1) is 15.8. The van der Waals surface area contributed by atoms with Crippen molar-refractivity contribution < 1.29 is 14.3 Å². The number of ether oxygens (including phenoxy) is 1. The normalized spacial score (nSPS) is 11.2. The molecule has 0 unspecified atom stereocenters. The van der Waals surface area contributed by atoms with Crippen LogP contribution in [-0.2, 0) is 11.2 Å². The van der Waals surface area contributed by atoms with Gasteiger partial charge in [0.1, 0.15) is 20.3 Å². The van der Waals surface area contributed by atoms with Gasteiger partial charge in [0.15, 0.2) is 0 Å². The summed E-state index contributed by atoms with van der Waals surface area (Å²) < 4.78 is 4.98. The number of fused-ring (bicyclic) bond motifs is 1. The third-order valence-corrected chi connectivity index (χ3v) is 7.30. The molecule has 0 fully saturated rings. The Morgan fingerprint density at radius 2 is 1.91 bits per heavy atom. The number of benzene rings is 1. The zero-order valence-electron chi connectivity index (χ0n) is 18.3. The van der Waals surface area contributed by atoms with Crippen LogP contribution >= 0.6 is 34.3 Å². The van der Waals surface area contributed by atoms with Crippen LogP contribution in [-0.4, -0.2) is 24.0 Å². The number of nitrogens with zero attached hydrogens (tertiary/aromatic N) is 1. The molecule has 170 valence electrons. The number of carbonyl (C=O) groups is 2. The fourth-order valence-electron chi connectivity index (χ4n) is 3.49. The lowest BCUT2D eigenvalue weighted by Gasteiger charge is -2.07. The molecule has 1 amide bonds. The standard InChI is InChI=1S/C24H22ClN3O3S2/c1-12(2)10-15-8-9-16-19(26)20(33-22(16)27-15)21(29)28-23-18(24(30)31-3)17(11-32-23)13-4-6-14(25)7-5-13/h4-9,11-12H,10,26H2,1-3H3,(H,28,29). The molecule has 0 radical (unpaired) electrons. The molecule has 4 rings (SSSR count). The largest absolute Gasteiger partial charge is 0.465 e. The molecule has 0 spiro atoms. The number of nitrogens with one attached hydrogen (secondary N) is 1. The minimum Gasteiger partial charge on any atom is -0.465 e. The Morgan fingerprint density at radius 1 is 1.18 bits per heavy atom. The third-order valence-electron chi connectivity index (χ3n) is 5.04. The number of carbonyl (C=O) groups excluding carboxylic acids is 2. The predicted molar refractivity (Wildman–Crippen MR) is 137 cm³/mol. The summed E-state index contributed by atoms with van der Waals surface area (Å²) in [5.74, 6) is -0.461. The molecule has 0 saturated carbocycles. The zero-order valence-corrected chi connectivity index (χ0v) is 20.7. The molecular weight excluding hydrogens is 478 g/mol. The summed E-state index contributed by atoms with van der Waals surface area (Å²) in [6, 6.07) is 11.0. The van der Waals surface area contributed by atoms with Crippen LogP contribution in [0.25, 0.3) is 21.3 Å². The van der Waals surface area contributed by atoms with Crippen molar-refractivity contribution in [2.45, 2.75) is 20.3 Å². The van der Waals surface area contributed by atoms with E-state index in [0.717, 1.165) is 27.9 Å². The Labute approximate surface area is 204 Å². The first kappa shape index (κ1) is 23.2. The summed E-state index contributed by atoms with van der Waals surface area (Å²) in [6.45, 7) is 4.26. The molecule has 3 heterocycles. The molecule has 6 nitrogen and oxygen atoms in total. The molecular formula is C24H22ClN3O3S2. The van der Waals surface area contributed by atoms with E-state index in [2.05, 4.69) is 24.1 Å². The summed E-state index contributed by atoms with van der Waals surface area (Å²) in [6.07, 6.45) is 0.848. The fraction of sp³-hybridized carbons (Fsp3) is 0.208. The highest BCUT2D eigenvalue weighted by Gasteiger charge is 2.25. The van der Waals surface area contributed by atoms with E-state index in [-0.39, 0.29) is 5.56 Å². The van der Waals surface area contributed by atoms with Gasteiger partial charge in [-0.1, -0.05) is 37.6 Å². The lowest BCUT2D eigenvalue weighted by Crippen LogP contribution is -2.14. The Balaban J connectivity index is 1.68. The second-order valence-electron chi connectivity index (χ2n) is 7.90. The number of halogens is 1. The van der Waals surface area contributed by atoms with Crippen molar-refractivity contribution in [2.75, 3.05) is 18.2 Å². The van der Waals surface area contributed by atoms with Crippen LogP contribution < -0.4 is 11.1 Å². The average Bonchev–Trinajstić information content (AvgIpc) is 3.34. The highest BCUT2D eigenvalue weighted by atomic mass is 35.5. The van der Waals surface area contributed by atoms with E-state index in [9.17, 15) is 9.59 Å². The molecule has 1 aromatic carbocycles. The van der Waals surface area contributed by atoms with Crippen LogP contribution in [0.2, 0.25) is 5.02 Å². The number of anilines is 2. The van der Waals surface area contributed by atoms with Gasteiger partial charge in [-0.25, -0.2) is 9.78 Å². The summed E-state index contributed by atoms with van der Waals surface area (Å²) in [5, 5.41) is 6.38. The van der Waals surface area contributed by atoms with Gasteiger partial charge in [0.05, 0.1) is 12.8 Å². The van der Waals surface area contributed by atoms with Crippen molar-refractivity contribution in [1.82, 2.24) is 4.98 Å². The minimum atomic E-state index is -0.541. The monoisotopic (exact) mass is 499 g/mol. The Morgan fingerprint density at radius 3 is 2.58 bits per heavy atom. The number of thiophene rings is 2. The molecule has 9 heteroatoms. The highest BCUT2D eigenvalue weighted by molar-refractivity contribution is 7.21. The van der Waals surface area contributed by atoms with Crippen LogP contribution in [0.1, 0.15) is 39.6 Å². The van der Waals surface area contributed by atoms with Gasteiger partial charge in [0.25, 0.3) is 5.91 Å². The van der Waals surface area contributed by atoms with Crippen LogP contribution in [0.5, 0.6) is 0 Å². The van der Waals surface area contributed by atoms with Gasteiger partial charge in [0, 0.05) is 27.0 Å². The summed E-state index contributed by atoms with van der Waals surface area (Å²) in [7, 11) is 1.31. The average molecular weight is 500 g/mol. The summed E-state index contributed by atoms with van der Waals surface area (Å²) >= 11 is 8.48. The van der Waals surface area contributed by atoms with Crippen molar-refractivity contribution in [1.29, 1.82) is 0 Å². The summed E-state index contributed by atoms with van der Waals surface area (Å²) in [4.78, 5) is 31.5.